The quantitative estimate of drug-likeness (QED) is 0.199. The number of aromatic nitrogens is 4. The number of carbonyl (C=O) groups is 1. The zero-order valence-electron chi connectivity index (χ0n) is 22.3. The molecule has 0 atom stereocenters. The van der Waals surface area contributed by atoms with E-state index in [9.17, 15) is 4.79 Å². The predicted molar refractivity (Wildman–Crippen MR) is 146 cm³/mol. The number of anilines is 1. The number of nitrogens with zero attached hydrogens (tertiary/aromatic N) is 5. The largest absolute Gasteiger partial charge is 0.339 e. The standard InChI is InChI=1S/C28H35N5O3.C2H4/c34-28(21-8-3-1-4-9-21)33(17-6-2-5-12-24-29-25(31-35-24)19-13-14-19)23-11-7-10-22(18-23)27-30-26(32-36-27)20-15-16-20;1-2/h7,10-11,18-21H,1-6,8-9,12-17H2;1-2H2. The Balaban J connectivity index is 0.00000144. The van der Waals surface area contributed by atoms with Crippen molar-refractivity contribution in [3.63, 3.8) is 0 Å². The minimum atomic E-state index is 0.117. The summed E-state index contributed by atoms with van der Waals surface area (Å²) >= 11 is 0. The fourth-order valence-electron chi connectivity index (χ4n) is 5.20. The van der Waals surface area contributed by atoms with Crippen molar-refractivity contribution in [3.8, 4) is 11.5 Å². The van der Waals surface area contributed by atoms with Crippen molar-refractivity contribution >= 4 is 11.6 Å². The van der Waals surface area contributed by atoms with Gasteiger partial charge in [0.15, 0.2) is 11.6 Å². The molecule has 3 fully saturated rings. The molecule has 8 nitrogen and oxygen atoms in total. The monoisotopic (exact) mass is 517 g/mol. The van der Waals surface area contributed by atoms with Gasteiger partial charge in [0.05, 0.1) is 0 Å². The molecule has 6 rings (SSSR count). The van der Waals surface area contributed by atoms with E-state index in [4.69, 9.17) is 9.05 Å². The highest BCUT2D eigenvalue weighted by Gasteiger charge is 2.30. The fourth-order valence-corrected chi connectivity index (χ4v) is 5.20. The highest BCUT2D eigenvalue weighted by atomic mass is 16.5. The summed E-state index contributed by atoms with van der Waals surface area (Å²) < 4.78 is 11.0. The molecule has 3 aliphatic rings. The molecule has 3 saturated carbocycles. The predicted octanol–water partition coefficient (Wildman–Crippen LogP) is 7.00. The molecule has 0 bridgehead atoms. The molecule has 2 heterocycles. The molecule has 0 N–H and O–H groups in total. The summed E-state index contributed by atoms with van der Waals surface area (Å²) in [5.41, 5.74) is 1.79. The van der Waals surface area contributed by atoms with Gasteiger partial charge in [-0.05, 0) is 69.6 Å². The van der Waals surface area contributed by atoms with E-state index in [-0.39, 0.29) is 11.8 Å². The van der Waals surface area contributed by atoms with Crippen LogP contribution in [0.5, 0.6) is 0 Å². The van der Waals surface area contributed by atoms with Gasteiger partial charge in [0.25, 0.3) is 5.89 Å². The highest BCUT2D eigenvalue weighted by molar-refractivity contribution is 5.95. The van der Waals surface area contributed by atoms with Crippen LogP contribution in [0.3, 0.4) is 0 Å². The van der Waals surface area contributed by atoms with Crippen molar-refractivity contribution in [1.29, 1.82) is 0 Å². The number of hydrogen-bond acceptors (Lipinski definition) is 7. The van der Waals surface area contributed by atoms with Gasteiger partial charge in [-0.15, -0.1) is 13.2 Å². The van der Waals surface area contributed by atoms with E-state index in [0.29, 0.717) is 24.3 Å². The summed E-state index contributed by atoms with van der Waals surface area (Å²) in [4.78, 5) is 24.8. The molecule has 38 heavy (non-hydrogen) atoms. The number of amides is 1. The van der Waals surface area contributed by atoms with E-state index in [1.807, 2.05) is 29.2 Å². The van der Waals surface area contributed by atoms with Gasteiger partial charge in [0, 0.05) is 42.0 Å². The van der Waals surface area contributed by atoms with Crippen LogP contribution in [0.2, 0.25) is 0 Å². The van der Waals surface area contributed by atoms with Crippen molar-refractivity contribution in [2.24, 2.45) is 5.92 Å². The number of rotatable bonds is 11. The van der Waals surface area contributed by atoms with E-state index >= 15 is 0 Å². The van der Waals surface area contributed by atoms with Gasteiger partial charge in [-0.3, -0.25) is 4.79 Å². The highest BCUT2D eigenvalue weighted by Crippen LogP contribution is 2.39. The number of hydrogen-bond donors (Lipinski definition) is 0. The summed E-state index contributed by atoms with van der Waals surface area (Å²) in [6, 6.07) is 8.03. The Bertz CT molecular complexity index is 1190. The molecule has 3 aromatic rings. The Morgan fingerprint density at radius 1 is 0.868 bits per heavy atom. The van der Waals surface area contributed by atoms with Crippen LogP contribution in [0.25, 0.3) is 11.5 Å². The topological polar surface area (TPSA) is 98.2 Å². The summed E-state index contributed by atoms with van der Waals surface area (Å²) in [6.45, 7) is 6.70. The van der Waals surface area contributed by atoms with Crippen molar-refractivity contribution < 1.29 is 13.8 Å². The summed E-state index contributed by atoms with van der Waals surface area (Å²) in [6.07, 6.45) is 13.8. The average molecular weight is 518 g/mol. The van der Waals surface area contributed by atoms with Gasteiger partial charge >= 0.3 is 0 Å². The lowest BCUT2D eigenvalue weighted by Gasteiger charge is -2.29. The van der Waals surface area contributed by atoms with Gasteiger partial charge in [-0.1, -0.05) is 42.1 Å². The summed E-state index contributed by atoms with van der Waals surface area (Å²) in [5, 5.41) is 8.27. The zero-order valence-corrected chi connectivity index (χ0v) is 22.3. The SMILES string of the molecule is C=C.O=C(C1CCCCC1)N(CCCCCc1nc(C2CC2)no1)c1cccc(-c2nc(C3CC3)no2)c1. The molecule has 8 heteroatoms. The first-order valence-corrected chi connectivity index (χ1v) is 14.3. The van der Waals surface area contributed by atoms with E-state index in [0.717, 1.165) is 93.0 Å². The second-order valence-corrected chi connectivity index (χ2v) is 10.7. The third kappa shape index (κ3) is 6.58. The molecule has 3 aliphatic carbocycles. The molecule has 0 unspecified atom stereocenters. The number of benzene rings is 1. The third-order valence-electron chi connectivity index (χ3n) is 7.71. The normalized spacial score (nSPS) is 17.6. The van der Waals surface area contributed by atoms with Crippen molar-refractivity contribution in [3.05, 3.63) is 55.0 Å². The van der Waals surface area contributed by atoms with E-state index in [2.05, 4.69) is 33.4 Å². The second kappa shape index (κ2) is 12.5. The van der Waals surface area contributed by atoms with Crippen LogP contribution in [-0.2, 0) is 11.2 Å². The minimum Gasteiger partial charge on any atom is -0.339 e. The van der Waals surface area contributed by atoms with Crippen molar-refractivity contribution in [2.45, 2.75) is 95.3 Å². The molecule has 0 saturated heterocycles. The van der Waals surface area contributed by atoms with Gasteiger partial charge in [0.2, 0.25) is 11.8 Å². The van der Waals surface area contributed by atoms with Gasteiger partial charge < -0.3 is 13.9 Å². The van der Waals surface area contributed by atoms with Crippen LogP contribution < -0.4 is 4.90 Å². The first-order chi connectivity index (χ1) is 18.7. The van der Waals surface area contributed by atoms with Gasteiger partial charge in [-0.2, -0.15) is 9.97 Å². The third-order valence-corrected chi connectivity index (χ3v) is 7.71. The van der Waals surface area contributed by atoms with E-state index < -0.39 is 0 Å². The molecule has 202 valence electrons. The van der Waals surface area contributed by atoms with Crippen LogP contribution in [-0.4, -0.2) is 32.7 Å². The maximum Gasteiger partial charge on any atom is 0.258 e. The maximum atomic E-state index is 13.6. The molecular weight excluding hydrogens is 478 g/mol. The molecule has 0 spiro atoms. The molecule has 2 aromatic heterocycles. The lowest BCUT2D eigenvalue weighted by Crippen LogP contribution is -2.38. The Hall–Kier alpha value is -3.29. The number of unbranched alkanes of at least 4 members (excludes halogenated alkanes) is 2. The van der Waals surface area contributed by atoms with Crippen molar-refractivity contribution in [2.75, 3.05) is 11.4 Å². The average Bonchev–Trinajstić information content (AvgIpc) is 3.91. The lowest BCUT2D eigenvalue weighted by molar-refractivity contribution is -0.123. The summed E-state index contributed by atoms with van der Waals surface area (Å²) in [7, 11) is 0. The Morgan fingerprint density at radius 3 is 2.32 bits per heavy atom. The fraction of sp³-hybridized carbons (Fsp3) is 0.567. The second-order valence-electron chi connectivity index (χ2n) is 10.7. The first-order valence-electron chi connectivity index (χ1n) is 14.3. The van der Waals surface area contributed by atoms with Crippen molar-refractivity contribution in [1.82, 2.24) is 20.3 Å². The smallest absolute Gasteiger partial charge is 0.258 e. The van der Waals surface area contributed by atoms with Crippen LogP contribution in [0.4, 0.5) is 5.69 Å². The van der Waals surface area contributed by atoms with E-state index in [1.165, 1.54) is 19.3 Å². The van der Waals surface area contributed by atoms with Gasteiger partial charge in [-0.25, -0.2) is 0 Å². The molecule has 0 radical (unpaired) electrons. The zero-order chi connectivity index (χ0) is 26.3. The van der Waals surface area contributed by atoms with Crippen LogP contribution in [0, 0.1) is 5.92 Å². The van der Waals surface area contributed by atoms with Crippen LogP contribution >= 0.6 is 0 Å². The van der Waals surface area contributed by atoms with Crippen LogP contribution in [0.1, 0.15) is 106 Å². The Kier molecular flexibility index (Phi) is 8.66. The molecular formula is C30H39N5O3. The lowest BCUT2D eigenvalue weighted by atomic mass is 9.88. The summed E-state index contributed by atoms with van der Waals surface area (Å²) in [5.74, 6) is 4.29. The molecule has 1 amide bonds. The maximum absolute atomic E-state index is 13.6. The molecule has 0 aliphatic heterocycles. The Labute approximate surface area is 224 Å². The Morgan fingerprint density at radius 2 is 1.58 bits per heavy atom. The first kappa shape index (κ1) is 26.3. The molecule has 1 aromatic carbocycles. The van der Waals surface area contributed by atoms with Crippen LogP contribution in [0.15, 0.2) is 46.5 Å². The van der Waals surface area contributed by atoms with Gasteiger partial charge in [0.1, 0.15) is 0 Å². The number of aryl methyl sites for hydroxylation is 1. The minimum absolute atomic E-state index is 0.117. The van der Waals surface area contributed by atoms with E-state index in [1.54, 1.807) is 0 Å². The number of carbonyl (C=O) groups excluding carboxylic acids is 1.